The highest BCUT2D eigenvalue weighted by atomic mass is 16.2. The Kier molecular flexibility index (Phi) is 8.72. The van der Waals surface area contributed by atoms with Crippen LogP contribution in [0.25, 0.3) is 10.9 Å². The second-order valence-corrected chi connectivity index (χ2v) is 11.7. The Labute approximate surface area is 260 Å². The van der Waals surface area contributed by atoms with Crippen LogP contribution in [0, 0.1) is 5.92 Å². The SMILES string of the molecule is O=C(NCc1ccccc1)C(=O)C(C[C@@H]1CCNC1=O)NC(=O)[C@@H]1C[C@@H](c2ccccc2)CN1C(=O)c1cc2ccccc2[nH]1. The highest BCUT2D eigenvalue weighted by Crippen LogP contribution is 2.33. The molecule has 2 saturated heterocycles. The molecule has 1 aromatic heterocycles. The second kappa shape index (κ2) is 13.2. The number of likely N-dealkylation sites (tertiary alicyclic amines) is 1. The second-order valence-electron chi connectivity index (χ2n) is 11.7. The van der Waals surface area contributed by atoms with Crippen LogP contribution in [0.4, 0.5) is 0 Å². The van der Waals surface area contributed by atoms with Crippen molar-refractivity contribution in [3.63, 3.8) is 0 Å². The summed E-state index contributed by atoms with van der Waals surface area (Å²) in [4.78, 5) is 71.6. The first-order chi connectivity index (χ1) is 21.9. The van der Waals surface area contributed by atoms with Crippen LogP contribution < -0.4 is 16.0 Å². The van der Waals surface area contributed by atoms with Crippen LogP contribution in [0.2, 0.25) is 0 Å². The number of aromatic nitrogens is 1. The summed E-state index contributed by atoms with van der Waals surface area (Å²) in [6.07, 6.45) is 0.821. The number of amides is 4. The van der Waals surface area contributed by atoms with E-state index >= 15 is 0 Å². The summed E-state index contributed by atoms with van der Waals surface area (Å²) in [5.74, 6) is -3.39. The van der Waals surface area contributed by atoms with Crippen molar-refractivity contribution in [2.45, 2.75) is 43.8 Å². The Morgan fingerprint density at radius 3 is 2.33 bits per heavy atom. The van der Waals surface area contributed by atoms with Crippen LogP contribution in [0.1, 0.15) is 46.8 Å². The summed E-state index contributed by atoms with van der Waals surface area (Å²) in [6, 6.07) is 26.1. The lowest BCUT2D eigenvalue weighted by Crippen LogP contribution is -2.54. The zero-order chi connectivity index (χ0) is 31.3. The van der Waals surface area contributed by atoms with Crippen molar-refractivity contribution in [3.05, 3.63) is 108 Å². The Hall–Kier alpha value is -5.25. The topological polar surface area (TPSA) is 140 Å². The summed E-state index contributed by atoms with van der Waals surface area (Å²) >= 11 is 0. The van der Waals surface area contributed by atoms with Crippen LogP contribution in [0.15, 0.2) is 91.0 Å². The van der Waals surface area contributed by atoms with Crippen molar-refractivity contribution >= 4 is 40.3 Å². The summed E-state index contributed by atoms with van der Waals surface area (Å²) in [5.41, 5.74) is 2.98. The number of hydrogen-bond donors (Lipinski definition) is 4. The van der Waals surface area contributed by atoms with E-state index in [2.05, 4.69) is 20.9 Å². The molecule has 4 aromatic rings. The maximum atomic E-state index is 14.0. The van der Waals surface area contributed by atoms with E-state index in [1.807, 2.05) is 84.9 Å². The predicted molar refractivity (Wildman–Crippen MR) is 168 cm³/mol. The number of H-pyrrole nitrogens is 1. The zero-order valence-corrected chi connectivity index (χ0v) is 24.7. The van der Waals surface area contributed by atoms with E-state index in [0.717, 1.165) is 22.0 Å². The van der Waals surface area contributed by atoms with Crippen LogP contribution in [0.3, 0.4) is 0 Å². The van der Waals surface area contributed by atoms with E-state index in [-0.39, 0.29) is 30.7 Å². The Bertz CT molecular complexity index is 1690. The maximum Gasteiger partial charge on any atom is 0.289 e. The molecule has 4 amide bonds. The standard InChI is InChI=1S/C35H35N5O5/c41-31(34(44)37-20-22-9-3-1-4-10-22)28(18-25-15-16-36-32(25)42)39-33(43)30-19-26(23-11-5-2-6-12-23)21-40(30)35(45)29-17-24-13-7-8-14-27(24)38-29/h1-14,17,25-26,28,30,38H,15-16,18-21H2,(H,36,42)(H,37,44)(H,39,43)/t25-,26+,28?,30-/m0/s1. The van der Waals surface area contributed by atoms with Gasteiger partial charge in [0.25, 0.3) is 11.8 Å². The number of nitrogens with zero attached hydrogens (tertiary/aromatic N) is 1. The molecule has 0 aliphatic carbocycles. The Morgan fingerprint density at radius 2 is 1.62 bits per heavy atom. The monoisotopic (exact) mass is 605 g/mol. The van der Waals surface area contributed by atoms with Crippen LogP contribution in [0.5, 0.6) is 0 Å². The summed E-state index contributed by atoms with van der Waals surface area (Å²) in [6.45, 7) is 0.911. The lowest BCUT2D eigenvalue weighted by atomic mass is 9.94. The van der Waals surface area contributed by atoms with E-state index in [1.54, 1.807) is 6.07 Å². The molecule has 4 N–H and O–H groups in total. The Balaban J connectivity index is 1.24. The van der Waals surface area contributed by atoms with Crippen LogP contribution in [-0.4, -0.2) is 64.5 Å². The lowest BCUT2D eigenvalue weighted by Gasteiger charge is -2.26. The molecule has 0 spiro atoms. The number of Topliss-reactive ketones (excluding diaryl/α,β-unsaturated/α-hetero) is 1. The average Bonchev–Trinajstić information content (AvgIpc) is 3.82. The van der Waals surface area contributed by atoms with Crippen molar-refractivity contribution in [2.24, 2.45) is 5.92 Å². The van der Waals surface area contributed by atoms with Gasteiger partial charge in [-0.05, 0) is 42.5 Å². The number of carbonyl (C=O) groups is 5. The molecule has 10 nitrogen and oxygen atoms in total. The minimum Gasteiger partial charge on any atom is -0.356 e. The van der Waals surface area contributed by atoms with E-state index in [9.17, 15) is 24.0 Å². The first-order valence-electron chi connectivity index (χ1n) is 15.2. The largest absolute Gasteiger partial charge is 0.356 e. The molecule has 0 bridgehead atoms. The van der Waals surface area contributed by atoms with Gasteiger partial charge in [0.05, 0.1) is 6.04 Å². The fourth-order valence-corrected chi connectivity index (χ4v) is 6.30. The molecule has 0 saturated carbocycles. The quantitative estimate of drug-likeness (QED) is 0.206. The molecule has 3 aromatic carbocycles. The molecule has 10 heteroatoms. The molecule has 2 fully saturated rings. The van der Waals surface area contributed by atoms with Gasteiger partial charge in [0.1, 0.15) is 11.7 Å². The molecule has 0 radical (unpaired) electrons. The molecular formula is C35H35N5O5. The van der Waals surface area contributed by atoms with Crippen molar-refractivity contribution in [2.75, 3.05) is 13.1 Å². The minimum atomic E-state index is -1.23. The number of para-hydroxylation sites is 1. The first-order valence-corrected chi connectivity index (χ1v) is 15.2. The van der Waals surface area contributed by atoms with Gasteiger partial charge >= 0.3 is 0 Å². The third-order valence-corrected chi connectivity index (χ3v) is 8.73. The number of aromatic amines is 1. The fraction of sp³-hybridized carbons (Fsp3) is 0.286. The summed E-state index contributed by atoms with van der Waals surface area (Å²) in [5, 5.41) is 9.06. The molecule has 1 unspecified atom stereocenters. The normalized spacial score (nSPS) is 20.0. The number of fused-ring (bicyclic) bond motifs is 1. The van der Waals surface area contributed by atoms with Gasteiger partial charge in [-0.15, -0.1) is 0 Å². The van der Waals surface area contributed by atoms with Gasteiger partial charge in [-0.1, -0.05) is 78.9 Å². The summed E-state index contributed by atoms with van der Waals surface area (Å²) in [7, 11) is 0. The van der Waals surface area contributed by atoms with Crippen molar-refractivity contribution in [1.82, 2.24) is 25.8 Å². The highest BCUT2D eigenvalue weighted by molar-refractivity contribution is 6.38. The molecule has 4 atom stereocenters. The van der Waals surface area contributed by atoms with Gasteiger partial charge in [0, 0.05) is 42.4 Å². The maximum absolute atomic E-state index is 14.0. The number of nitrogens with one attached hydrogen (secondary N) is 4. The first kappa shape index (κ1) is 29.8. The fourth-order valence-electron chi connectivity index (χ4n) is 6.30. The number of hydrogen-bond acceptors (Lipinski definition) is 5. The molecule has 230 valence electrons. The molecule has 3 heterocycles. The van der Waals surface area contributed by atoms with Crippen molar-refractivity contribution in [1.29, 1.82) is 0 Å². The number of benzene rings is 3. The molecule has 45 heavy (non-hydrogen) atoms. The highest BCUT2D eigenvalue weighted by Gasteiger charge is 2.43. The van der Waals surface area contributed by atoms with Gasteiger partial charge in [-0.3, -0.25) is 24.0 Å². The van der Waals surface area contributed by atoms with Gasteiger partial charge in [0.15, 0.2) is 0 Å². The molecule has 6 rings (SSSR count). The third kappa shape index (κ3) is 6.64. The molecule has 2 aliphatic rings. The number of rotatable bonds is 10. The zero-order valence-electron chi connectivity index (χ0n) is 24.7. The third-order valence-electron chi connectivity index (χ3n) is 8.73. The van der Waals surface area contributed by atoms with E-state index in [4.69, 9.17) is 0 Å². The van der Waals surface area contributed by atoms with Gasteiger partial charge in [-0.25, -0.2) is 0 Å². The summed E-state index contributed by atoms with van der Waals surface area (Å²) < 4.78 is 0. The van der Waals surface area contributed by atoms with Gasteiger partial charge < -0.3 is 25.8 Å². The van der Waals surface area contributed by atoms with Gasteiger partial charge in [0.2, 0.25) is 17.6 Å². The van der Waals surface area contributed by atoms with E-state index in [1.165, 1.54) is 4.90 Å². The van der Waals surface area contributed by atoms with Crippen molar-refractivity contribution in [3.8, 4) is 0 Å². The van der Waals surface area contributed by atoms with E-state index in [0.29, 0.717) is 31.6 Å². The van der Waals surface area contributed by atoms with Crippen molar-refractivity contribution < 1.29 is 24.0 Å². The number of carbonyl (C=O) groups excluding carboxylic acids is 5. The minimum absolute atomic E-state index is 0.0139. The lowest BCUT2D eigenvalue weighted by molar-refractivity contribution is -0.141. The molecule has 2 aliphatic heterocycles. The Morgan fingerprint density at radius 1 is 0.911 bits per heavy atom. The molecular weight excluding hydrogens is 570 g/mol. The average molecular weight is 606 g/mol. The smallest absolute Gasteiger partial charge is 0.289 e. The number of ketones is 1. The predicted octanol–water partition coefficient (Wildman–Crippen LogP) is 3.06. The van der Waals surface area contributed by atoms with Crippen LogP contribution >= 0.6 is 0 Å². The van der Waals surface area contributed by atoms with Crippen LogP contribution in [-0.2, 0) is 25.7 Å². The van der Waals surface area contributed by atoms with E-state index < -0.39 is 35.6 Å². The van der Waals surface area contributed by atoms with Gasteiger partial charge in [-0.2, -0.15) is 0 Å².